The number of fused-ring (bicyclic) bond motifs is 3. The maximum absolute atomic E-state index is 12.5. The van der Waals surface area contributed by atoms with Gasteiger partial charge in [0, 0.05) is 24.5 Å². The molecule has 0 bridgehead atoms. The van der Waals surface area contributed by atoms with Gasteiger partial charge in [0.15, 0.2) is 0 Å². The van der Waals surface area contributed by atoms with Crippen LogP contribution in [0.3, 0.4) is 0 Å². The van der Waals surface area contributed by atoms with E-state index in [0.29, 0.717) is 12.0 Å². The number of aryl methyl sites for hydroxylation is 2. The number of hydrogen-bond donors (Lipinski definition) is 1. The molecule has 26 heavy (non-hydrogen) atoms. The number of likely N-dealkylation sites (tertiary alicyclic amines) is 1. The van der Waals surface area contributed by atoms with E-state index >= 15 is 0 Å². The lowest BCUT2D eigenvalue weighted by molar-refractivity contribution is -0.0979. The molecule has 0 saturated carbocycles. The average Bonchev–Trinajstić information content (AvgIpc) is 3.21. The first-order chi connectivity index (χ1) is 12.6. The Kier molecular flexibility index (Phi) is 5.61. The molecule has 1 atom stereocenters. The maximum Gasteiger partial charge on any atom is 0.253 e. The third-order valence-electron chi connectivity index (χ3n) is 5.63. The third kappa shape index (κ3) is 3.22. The van der Waals surface area contributed by atoms with Crippen molar-refractivity contribution in [2.75, 3.05) is 13.1 Å². The van der Waals surface area contributed by atoms with Gasteiger partial charge in [0.25, 0.3) is 5.56 Å². The van der Waals surface area contributed by atoms with Crippen LogP contribution in [0.15, 0.2) is 4.79 Å². The zero-order valence-electron chi connectivity index (χ0n) is 16.2. The van der Waals surface area contributed by atoms with Gasteiger partial charge in [-0.3, -0.25) is 14.4 Å². The van der Waals surface area contributed by atoms with E-state index in [9.17, 15) is 4.79 Å². The number of aromatic amines is 1. The number of hydrogen-bond acceptors (Lipinski definition) is 4. The molecule has 6 nitrogen and oxygen atoms in total. The van der Waals surface area contributed by atoms with Crippen LogP contribution >= 0.6 is 0 Å². The molecule has 1 aliphatic heterocycles. The van der Waals surface area contributed by atoms with Crippen LogP contribution in [0.25, 0.3) is 11.0 Å². The van der Waals surface area contributed by atoms with Crippen molar-refractivity contribution >= 4 is 17.8 Å². The van der Waals surface area contributed by atoms with Crippen molar-refractivity contribution in [3.05, 3.63) is 27.2 Å². The van der Waals surface area contributed by atoms with Gasteiger partial charge in [0.1, 0.15) is 12.4 Å². The van der Waals surface area contributed by atoms with Crippen LogP contribution in [0.1, 0.15) is 62.4 Å². The lowest BCUT2D eigenvalue weighted by Crippen LogP contribution is -2.28. The number of pyridine rings is 1. The summed E-state index contributed by atoms with van der Waals surface area (Å²) in [5, 5.41) is 6.13. The summed E-state index contributed by atoms with van der Waals surface area (Å²) >= 11 is 0. The highest BCUT2D eigenvalue weighted by molar-refractivity contribution is 5.84. The number of carbonyl (C=O) groups excluding carboxylic acids is 1. The molecule has 1 saturated heterocycles. The van der Waals surface area contributed by atoms with Crippen molar-refractivity contribution in [3.63, 3.8) is 0 Å². The highest BCUT2D eigenvalue weighted by Gasteiger charge is 2.32. The fraction of sp³-hybridized carbons (Fsp3) is 0.650. The Balaban J connectivity index is 0.000000948. The molecule has 4 rings (SSSR count). The van der Waals surface area contributed by atoms with Gasteiger partial charge in [-0.2, -0.15) is 5.10 Å². The molecule has 1 N–H and O–H groups in total. The molecule has 1 aliphatic carbocycles. The zero-order chi connectivity index (χ0) is 18.8. The number of H-pyrrole nitrogens is 1. The number of nitrogens with zero attached hydrogens (tertiary/aromatic N) is 3. The van der Waals surface area contributed by atoms with E-state index in [-0.39, 0.29) is 5.56 Å². The fourth-order valence-electron chi connectivity index (χ4n) is 4.66. The molecule has 0 unspecified atom stereocenters. The normalized spacial score (nSPS) is 20.2. The van der Waals surface area contributed by atoms with Crippen molar-refractivity contribution in [1.29, 1.82) is 0 Å². The zero-order valence-corrected chi connectivity index (χ0v) is 16.2. The average molecular weight is 358 g/mol. The maximum atomic E-state index is 12.5. The molecular formula is C20H30N4O2. The molecule has 2 aromatic rings. The van der Waals surface area contributed by atoms with E-state index in [1.165, 1.54) is 35.9 Å². The molecule has 2 aromatic heterocycles. The van der Waals surface area contributed by atoms with Crippen LogP contribution in [0, 0.1) is 5.92 Å². The highest BCUT2D eigenvalue weighted by atomic mass is 16.1. The van der Waals surface area contributed by atoms with Crippen molar-refractivity contribution in [2.24, 2.45) is 13.0 Å². The third-order valence-corrected chi connectivity index (χ3v) is 5.63. The fourth-order valence-corrected chi connectivity index (χ4v) is 4.66. The smallest absolute Gasteiger partial charge is 0.253 e. The number of rotatable bonds is 3. The molecule has 0 amide bonds. The first-order valence-corrected chi connectivity index (χ1v) is 9.69. The SMILES string of the molecule is C=O.CC(C)CN1CCC[C@H]1c1nn(C)c2[nH]c(=O)c3c(c12)CCCC3. The number of aromatic nitrogens is 3. The molecule has 0 aromatic carbocycles. The second kappa shape index (κ2) is 7.74. The topological polar surface area (TPSA) is 71.0 Å². The molecule has 2 aliphatic rings. The van der Waals surface area contributed by atoms with Crippen LogP contribution in [-0.4, -0.2) is 39.5 Å². The molecular weight excluding hydrogens is 328 g/mol. The van der Waals surface area contributed by atoms with E-state index in [1.54, 1.807) is 0 Å². The van der Waals surface area contributed by atoms with Crippen LogP contribution in [-0.2, 0) is 24.7 Å². The largest absolute Gasteiger partial charge is 0.307 e. The quantitative estimate of drug-likeness (QED) is 0.916. The second-order valence-corrected chi connectivity index (χ2v) is 7.90. The first kappa shape index (κ1) is 18.8. The molecule has 3 heterocycles. The summed E-state index contributed by atoms with van der Waals surface area (Å²) in [6.07, 6.45) is 6.65. The Morgan fingerprint density at radius 3 is 2.58 bits per heavy atom. The van der Waals surface area contributed by atoms with Gasteiger partial charge in [0.05, 0.1) is 11.7 Å². The van der Waals surface area contributed by atoms with E-state index in [1.807, 2.05) is 18.5 Å². The van der Waals surface area contributed by atoms with Gasteiger partial charge in [0.2, 0.25) is 0 Å². The lowest BCUT2D eigenvalue weighted by Gasteiger charge is -2.26. The van der Waals surface area contributed by atoms with Crippen LogP contribution in [0.2, 0.25) is 0 Å². The van der Waals surface area contributed by atoms with E-state index in [2.05, 4.69) is 23.7 Å². The van der Waals surface area contributed by atoms with Gasteiger partial charge in [-0.05, 0) is 56.6 Å². The van der Waals surface area contributed by atoms with E-state index in [4.69, 9.17) is 9.89 Å². The summed E-state index contributed by atoms with van der Waals surface area (Å²) in [4.78, 5) is 26.2. The summed E-state index contributed by atoms with van der Waals surface area (Å²) in [6.45, 7) is 8.84. The van der Waals surface area contributed by atoms with E-state index in [0.717, 1.165) is 43.6 Å². The Bertz CT molecular complexity index is 836. The van der Waals surface area contributed by atoms with Crippen molar-refractivity contribution in [3.8, 4) is 0 Å². The van der Waals surface area contributed by atoms with Crippen molar-refractivity contribution in [1.82, 2.24) is 19.7 Å². The first-order valence-electron chi connectivity index (χ1n) is 9.69. The summed E-state index contributed by atoms with van der Waals surface area (Å²) in [6, 6.07) is 0.396. The van der Waals surface area contributed by atoms with Gasteiger partial charge >= 0.3 is 0 Å². The minimum atomic E-state index is 0.0946. The monoisotopic (exact) mass is 358 g/mol. The Morgan fingerprint density at radius 1 is 1.19 bits per heavy atom. The number of carbonyl (C=O) groups is 1. The Hall–Kier alpha value is -1.95. The van der Waals surface area contributed by atoms with Gasteiger partial charge in [-0.15, -0.1) is 0 Å². The summed E-state index contributed by atoms with van der Waals surface area (Å²) in [7, 11) is 1.96. The van der Waals surface area contributed by atoms with E-state index < -0.39 is 0 Å². The lowest BCUT2D eigenvalue weighted by atomic mass is 9.89. The molecule has 142 valence electrons. The molecule has 0 spiro atoms. The van der Waals surface area contributed by atoms with Gasteiger partial charge in [-0.1, -0.05) is 13.8 Å². The molecule has 6 heteroatoms. The highest BCUT2D eigenvalue weighted by Crippen LogP contribution is 2.37. The Labute approximate surface area is 154 Å². The minimum Gasteiger partial charge on any atom is -0.307 e. The standard InChI is InChI=1S/C19H28N4O.CH2O/c1-12(2)11-23-10-6-9-15(23)17-16-13-7-4-5-8-14(13)19(24)20-18(16)22(3)21-17;1-2/h12,15H,4-11H2,1-3H3,(H,20,24);1H2/t15-;/m0./s1. The van der Waals surface area contributed by atoms with Crippen molar-refractivity contribution in [2.45, 2.75) is 58.4 Å². The second-order valence-electron chi connectivity index (χ2n) is 7.90. The van der Waals surface area contributed by atoms with Crippen LogP contribution < -0.4 is 5.56 Å². The molecule has 0 radical (unpaired) electrons. The summed E-state index contributed by atoms with van der Waals surface area (Å²) in [5.74, 6) is 0.661. The predicted octanol–water partition coefficient (Wildman–Crippen LogP) is 2.75. The van der Waals surface area contributed by atoms with Gasteiger partial charge in [-0.25, -0.2) is 0 Å². The Morgan fingerprint density at radius 2 is 1.88 bits per heavy atom. The van der Waals surface area contributed by atoms with Crippen LogP contribution in [0.5, 0.6) is 0 Å². The van der Waals surface area contributed by atoms with Gasteiger partial charge < -0.3 is 9.78 Å². The predicted molar refractivity (Wildman–Crippen MR) is 103 cm³/mol. The summed E-state index contributed by atoms with van der Waals surface area (Å²) in [5.41, 5.74) is 4.49. The molecule has 1 fully saturated rings. The number of nitrogens with one attached hydrogen (secondary N) is 1. The van der Waals surface area contributed by atoms with Crippen molar-refractivity contribution < 1.29 is 4.79 Å². The summed E-state index contributed by atoms with van der Waals surface area (Å²) < 4.78 is 1.88. The minimum absolute atomic E-state index is 0.0946. The van der Waals surface area contributed by atoms with Crippen LogP contribution in [0.4, 0.5) is 0 Å².